The zero-order valence-electron chi connectivity index (χ0n) is 20.1. The van der Waals surface area contributed by atoms with Crippen molar-refractivity contribution in [1.82, 2.24) is 10.6 Å². The normalized spacial score (nSPS) is 14.1. The van der Waals surface area contributed by atoms with Gasteiger partial charge in [0.05, 0.1) is 0 Å². The zero-order valence-corrected chi connectivity index (χ0v) is 20.1. The van der Waals surface area contributed by atoms with Gasteiger partial charge in [-0.05, 0) is 29.1 Å². The van der Waals surface area contributed by atoms with Gasteiger partial charge < -0.3 is 10.6 Å². The van der Waals surface area contributed by atoms with Gasteiger partial charge in [-0.25, -0.2) is 0 Å². The lowest BCUT2D eigenvalue weighted by Crippen LogP contribution is -2.48. The first kappa shape index (κ1) is 25.9. The Morgan fingerprint density at radius 1 is 0.556 bits per heavy atom. The van der Waals surface area contributed by atoms with E-state index in [1.54, 1.807) is 0 Å². The average molecular weight is 383 g/mol. The highest BCUT2D eigenvalue weighted by Gasteiger charge is 2.35. The van der Waals surface area contributed by atoms with Gasteiger partial charge in [0, 0.05) is 23.9 Å². The summed E-state index contributed by atoms with van der Waals surface area (Å²) >= 11 is 0. The lowest BCUT2D eigenvalue weighted by Gasteiger charge is -2.34. The fraction of sp³-hybridized carbons (Fsp3) is 0.913. The van der Waals surface area contributed by atoms with Gasteiger partial charge in [-0.1, -0.05) is 83.1 Å². The van der Waals surface area contributed by atoms with Gasteiger partial charge >= 0.3 is 0 Å². The highest BCUT2D eigenvalue weighted by Crippen LogP contribution is 2.34. The molecule has 0 spiro atoms. The summed E-state index contributed by atoms with van der Waals surface area (Å²) in [6, 6.07) is 0. The Hall–Kier alpha value is -1.06. The van der Waals surface area contributed by atoms with Crippen LogP contribution in [-0.4, -0.2) is 24.9 Å². The molecule has 0 radical (unpaired) electrons. The van der Waals surface area contributed by atoms with E-state index in [4.69, 9.17) is 0 Å². The van der Waals surface area contributed by atoms with Crippen molar-refractivity contribution in [2.24, 2.45) is 27.1 Å². The van der Waals surface area contributed by atoms with E-state index in [1.807, 2.05) is 27.7 Å². The number of amides is 2. The van der Waals surface area contributed by atoms with Crippen molar-refractivity contribution >= 4 is 11.8 Å². The fourth-order valence-corrected chi connectivity index (χ4v) is 3.99. The second kappa shape index (κ2) is 8.53. The molecule has 0 aromatic carbocycles. The quantitative estimate of drug-likeness (QED) is 0.608. The summed E-state index contributed by atoms with van der Waals surface area (Å²) in [7, 11) is 0. The van der Waals surface area contributed by atoms with Crippen LogP contribution < -0.4 is 10.6 Å². The van der Waals surface area contributed by atoms with Crippen LogP contribution in [0.1, 0.15) is 95.9 Å². The molecule has 0 fully saturated rings. The SMILES string of the molecule is CC(C)(C)CC(C)(C)C(=O)NCC(C)(C)CNC(=O)C(C)(C)CC(C)(C)C. The van der Waals surface area contributed by atoms with E-state index in [0.29, 0.717) is 13.1 Å². The van der Waals surface area contributed by atoms with Gasteiger partial charge in [-0.2, -0.15) is 0 Å². The minimum Gasteiger partial charge on any atom is -0.355 e. The van der Waals surface area contributed by atoms with Crippen molar-refractivity contribution in [1.29, 1.82) is 0 Å². The minimum absolute atomic E-state index is 0.0740. The Morgan fingerprint density at radius 3 is 1.04 bits per heavy atom. The van der Waals surface area contributed by atoms with E-state index in [9.17, 15) is 9.59 Å². The Morgan fingerprint density at radius 2 is 0.815 bits per heavy atom. The van der Waals surface area contributed by atoms with Crippen molar-refractivity contribution in [2.75, 3.05) is 13.1 Å². The molecule has 160 valence electrons. The molecule has 2 N–H and O–H groups in total. The molecule has 0 bridgehead atoms. The second-order valence-corrected chi connectivity index (χ2v) is 12.8. The maximum atomic E-state index is 12.6. The van der Waals surface area contributed by atoms with Gasteiger partial charge in [-0.3, -0.25) is 9.59 Å². The number of carbonyl (C=O) groups is 2. The molecule has 0 aromatic rings. The molecule has 27 heavy (non-hydrogen) atoms. The molecule has 4 nitrogen and oxygen atoms in total. The topological polar surface area (TPSA) is 58.2 Å². The molecule has 0 aromatic heterocycles. The van der Waals surface area contributed by atoms with Crippen molar-refractivity contribution < 1.29 is 9.59 Å². The Balaban J connectivity index is 4.70. The molecule has 0 aliphatic heterocycles. The fourth-order valence-electron chi connectivity index (χ4n) is 3.99. The van der Waals surface area contributed by atoms with Crippen LogP contribution in [0.5, 0.6) is 0 Å². The first-order chi connectivity index (χ1) is 11.7. The third-order valence-corrected chi connectivity index (χ3v) is 4.63. The van der Waals surface area contributed by atoms with E-state index in [-0.39, 0.29) is 28.1 Å². The van der Waals surface area contributed by atoms with Crippen molar-refractivity contribution in [2.45, 2.75) is 95.9 Å². The van der Waals surface area contributed by atoms with E-state index < -0.39 is 10.8 Å². The minimum atomic E-state index is -0.410. The molecular weight excluding hydrogens is 336 g/mol. The Bertz CT molecular complexity index is 471. The highest BCUT2D eigenvalue weighted by molar-refractivity contribution is 5.82. The smallest absolute Gasteiger partial charge is 0.225 e. The zero-order chi connectivity index (χ0) is 21.9. The molecule has 0 unspecified atom stereocenters. The number of carbonyl (C=O) groups excluding carboxylic acids is 2. The summed E-state index contributed by atoms with van der Waals surface area (Å²) in [6.45, 7) is 26.1. The van der Waals surface area contributed by atoms with Gasteiger partial charge in [0.25, 0.3) is 0 Å². The predicted octanol–water partition coefficient (Wildman–Crippen LogP) is 5.17. The highest BCUT2D eigenvalue weighted by atomic mass is 16.2. The lowest BCUT2D eigenvalue weighted by molar-refractivity contribution is -0.131. The van der Waals surface area contributed by atoms with Crippen molar-refractivity contribution in [3.8, 4) is 0 Å². The molecule has 0 heterocycles. The summed E-state index contributed by atoms with van der Waals surface area (Å²) in [5.74, 6) is 0.148. The molecule has 0 aliphatic rings. The van der Waals surface area contributed by atoms with Gasteiger partial charge in [-0.15, -0.1) is 0 Å². The largest absolute Gasteiger partial charge is 0.355 e. The Kier molecular flexibility index (Phi) is 8.19. The van der Waals surface area contributed by atoms with E-state index >= 15 is 0 Å². The van der Waals surface area contributed by atoms with Crippen LogP contribution in [-0.2, 0) is 9.59 Å². The first-order valence-corrected chi connectivity index (χ1v) is 10.2. The number of nitrogens with one attached hydrogen (secondary N) is 2. The van der Waals surface area contributed by atoms with Crippen molar-refractivity contribution in [3.63, 3.8) is 0 Å². The molecule has 4 heteroatoms. The van der Waals surface area contributed by atoms with E-state index in [1.165, 1.54) is 0 Å². The number of hydrogen-bond donors (Lipinski definition) is 2. The molecule has 0 saturated heterocycles. The predicted molar refractivity (Wildman–Crippen MR) is 116 cm³/mol. The monoisotopic (exact) mass is 382 g/mol. The summed E-state index contributed by atoms with van der Waals surface area (Å²) in [5, 5.41) is 6.19. The summed E-state index contributed by atoms with van der Waals surface area (Å²) < 4.78 is 0. The van der Waals surface area contributed by atoms with Crippen LogP contribution in [0.15, 0.2) is 0 Å². The van der Waals surface area contributed by atoms with Crippen molar-refractivity contribution in [3.05, 3.63) is 0 Å². The van der Waals surface area contributed by atoms with Crippen LogP contribution in [0.3, 0.4) is 0 Å². The number of rotatable bonds is 8. The summed E-state index contributed by atoms with van der Waals surface area (Å²) in [4.78, 5) is 25.3. The van der Waals surface area contributed by atoms with Gasteiger partial charge in [0.1, 0.15) is 0 Å². The Labute approximate surface area is 168 Å². The first-order valence-electron chi connectivity index (χ1n) is 10.2. The van der Waals surface area contributed by atoms with Crippen LogP contribution in [0.4, 0.5) is 0 Å². The molecule has 2 amide bonds. The standard InChI is InChI=1S/C23H46N2O2/c1-19(2,3)13-22(9,10)17(26)24-15-21(7,8)16-25-18(27)23(11,12)14-20(4,5)6/h13-16H2,1-12H3,(H,24,26)(H,25,27). The van der Waals surface area contributed by atoms with Gasteiger partial charge in [0.2, 0.25) is 11.8 Å². The van der Waals surface area contributed by atoms with E-state index in [0.717, 1.165) is 12.8 Å². The van der Waals surface area contributed by atoms with Crippen LogP contribution in [0.25, 0.3) is 0 Å². The van der Waals surface area contributed by atoms with Gasteiger partial charge in [0.15, 0.2) is 0 Å². The number of hydrogen-bond acceptors (Lipinski definition) is 2. The third-order valence-electron chi connectivity index (χ3n) is 4.63. The van der Waals surface area contributed by atoms with Crippen LogP contribution >= 0.6 is 0 Å². The molecular formula is C23H46N2O2. The lowest BCUT2D eigenvalue weighted by atomic mass is 9.75. The second-order valence-electron chi connectivity index (χ2n) is 12.8. The summed E-state index contributed by atoms with van der Waals surface area (Å²) in [6.07, 6.45) is 1.65. The average Bonchev–Trinajstić information content (AvgIpc) is 2.36. The molecule has 0 aliphatic carbocycles. The molecule has 0 rings (SSSR count). The molecule has 0 saturated carbocycles. The third kappa shape index (κ3) is 10.8. The maximum Gasteiger partial charge on any atom is 0.225 e. The van der Waals surface area contributed by atoms with E-state index in [2.05, 4.69) is 66.0 Å². The molecule has 0 atom stereocenters. The maximum absolute atomic E-state index is 12.6. The van der Waals surface area contributed by atoms with Crippen LogP contribution in [0.2, 0.25) is 0 Å². The van der Waals surface area contributed by atoms with Crippen LogP contribution in [0, 0.1) is 27.1 Å². The summed E-state index contributed by atoms with van der Waals surface area (Å²) in [5.41, 5.74) is -0.828.